The Morgan fingerprint density at radius 1 is 0.733 bits per heavy atom. The first-order valence-electron chi connectivity index (χ1n) is 12.0. The zero-order chi connectivity index (χ0) is 21.4. The van der Waals surface area contributed by atoms with Crippen molar-refractivity contribution < 1.29 is 4.74 Å². The highest BCUT2D eigenvalue weighted by molar-refractivity contribution is 5.79. The van der Waals surface area contributed by atoms with E-state index >= 15 is 0 Å². The summed E-state index contributed by atoms with van der Waals surface area (Å²) in [7, 11) is 0. The van der Waals surface area contributed by atoms with Gasteiger partial charge in [0.2, 0.25) is 0 Å². The van der Waals surface area contributed by atoms with Crippen LogP contribution in [0, 0.1) is 13.8 Å². The first kappa shape index (κ1) is 24.2. The highest BCUT2D eigenvalue weighted by Gasteiger charge is 1.99. The Bertz CT molecular complexity index is 733. The monoisotopic (exact) mass is 407 g/mol. The maximum absolute atomic E-state index is 5.91. The number of hydrogen-bond acceptors (Lipinski definition) is 2. The summed E-state index contributed by atoms with van der Waals surface area (Å²) in [5.41, 5.74) is 4.98. The van der Waals surface area contributed by atoms with Crippen LogP contribution >= 0.6 is 0 Å². The molecule has 164 valence electrons. The molecule has 0 aliphatic heterocycles. The average molecular weight is 408 g/mol. The molecule has 0 aromatic heterocycles. The zero-order valence-electron chi connectivity index (χ0n) is 19.5. The molecule has 0 heterocycles. The van der Waals surface area contributed by atoms with E-state index in [1.807, 2.05) is 18.3 Å². The molecule has 0 aliphatic carbocycles. The van der Waals surface area contributed by atoms with Gasteiger partial charge in [-0.2, -0.15) is 0 Å². The summed E-state index contributed by atoms with van der Waals surface area (Å²) in [5.74, 6) is 0.903. The highest BCUT2D eigenvalue weighted by Crippen LogP contribution is 2.16. The molecule has 0 saturated carbocycles. The fourth-order valence-electron chi connectivity index (χ4n) is 3.57. The smallest absolute Gasteiger partial charge is 0.119 e. The van der Waals surface area contributed by atoms with Crippen molar-refractivity contribution in [2.45, 2.75) is 91.6 Å². The van der Waals surface area contributed by atoms with Gasteiger partial charge < -0.3 is 4.74 Å². The Kier molecular flexibility index (Phi) is 11.9. The summed E-state index contributed by atoms with van der Waals surface area (Å²) >= 11 is 0. The third-order valence-corrected chi connectivity index (χ3v) is 5.74. The summed E-state index contributed by atoms with van der Waals surface area (Å²) < 4.78 is 5.91. The van der Waals surface area contributed by atoms with Gasteiger partial charge in [0.25, 0.3) is 0 Å². The summed E-state index contributed by atoms with van der Waals surface area (Å²) in [5, 5.41) is 0. The van der Waals surface area contributed by atoms with E-state index in [2.05, 4.69) is 56.1 Å². The molecule has 0 aliphatic rings. The minimum Gasteiger partial charge on any atom is -0.489 e. The standard InChI is InChI=1S/C28H41NO/c1-4-5-6-7-8-9-10-11-12-13-20-29-22-26-16-18-28(19-17-26)30-23-27-15-14-24(2)25(3)21-27/h14-19,21-22H,4-13,20,23H2,1-3H3/b29-22+. The van der Waals surface area contributed by atoms with Crippen LogP contribution in [0.1, 0.15) is 93.4 Å². The van der Waals surface area contributed by atoms with Crippen LogP contribution in [-0.4, -0.2) is 12.8 Å². The van der Waals surface area contributed by atoms with Gasteiger partial charge in [0.15, 0.2) is 0 Å². The van der Waals surface area contributed by atoms with Gasteiger partial charge in [-0.1, -0.05) is 82.9 Å². The first-order valence-corrected chi connectivity index (χ1v) is 12.0. The Hall–Kier alpha value is -2.09. The molecule has 0 unspecified atom stereocenters. The van der Waals surface area contributed by atoms with Gasteiger partial charge in [-0.3, -0.25) is 4.99 Å². The van der Waals surface area contributed by atoms with Crippen molar-refractivity contribution in [2.24, 2.45) is 4.99 Å². The topological polar surface area (TPSA) is 21.6 Å². The van der Waals surface area contributed by atoms with E-state index in [0.717, 1.165) is 17.9 Å². The van der Waals surface area contributed by atoms with Crippen LogP contribution < -0.4 is 4.74 Å². The minimum absolute atomic E-state index is 0.604. The molecule has 0 spiro atoms. The summed E-state index contributed by atoms with van der Waals surface area (Å²) in [4.78, 5) is 4.58. The van der Waals surface area contributed by atoms with Gasteiger partial charge in [-0.25, -0.2) is 0 Å². The van der Waals surface area contributed by atoms with E-state index in [0.29, 0.717) is 6.61 Å². The number of aryl methyl sites for hydroxylation is 2. The Labute approximate surface area is 184 Å². The number of unbranched alkanes of at least 4 members (excludes halogenated alkanes) is 9. The molecule has 2 aromatic rings. The van der Waals surface area contributed by atoms with Crippen molar-refractivity contribution in [3.8, 4) is 5.75 Å². The van der Waals surface area contributed by atoms with E-state index in [1.165, 1.54) is 80.9 Å². The molecule has 0 atom stereocenters. The quantitative estimate of drug-likeness (QED) is 0.215. The van der Waals surface area contributed by atoms with Crippen LogP contribution in [0.25, 0.3) is 0 Å². The normalized spacial score (nSPS) is 11.3. The van der Waals surface area contributed by atoms with Crippen molar-refractivity contribution in [3.63, 3.8) is 0 Å². The lowest BCUT2D eigenvalue weighted by atomic mass is 10.1. The van der Waals surface area contributed by atoms with Crippen molar-refractivity contribution in [2.75, 3.05) is 6.54 Å². The lowest BCUT2D eigenvalue weighted by molar-refractivity contribution is 0.306. The van der Waals surface area contributed by atoms with Crippen molar-refractivity contribution in [1.82, 2.24) is 0 Å². The molecule has 2 heteroatoms. The molecule has 2 rings (SSSR count). The zero-order valence-corrected chi connectivity index (χ0v) is 19.5. The lowest BCUT2D eigenvalue weighted by Crippen LogP contribution is -1.96. The van der Waals surface area contributed by atoms with Crippen LogP contribution in [0.15, 0.2) is 47.5 Å². The van der Waals surface area contributed by atoms with Gasteiger partial charge in [-0.05, 0) is 66.8 Å². The third kappa shape index (κ3) is 10.1. The van der Waals surface area contributed by atoms with Crippen LogP contribution in [0.5, 0.6) is 5.75 Å². The maximum Gasteiger partial charge on any atom is 0.119 e. The van der Waals surface area contributed by atoms with Crippen molar-refractivity contribution in [1.29, 1.82) is 0 Å². The van der Waals surface area contributed by atoms with E-state index in [1.54, 1.807) is 0 Å². The van der Waals surface area contributed by atoms with Crippen LogP contribution in [0.2, 0.25) is 0 Å². The second-order valence-corrected chi connectivity index (χ2v) is 8.49. The van der Waals surface area contributed by atoms with Crippen LogP contribution in [-0.2, 0) is 6.61 Å². The SMILES string of the molecule is CCCCCCCCCCCC/N=C/c1ccc(OCc2ccc(C)c(C)c2)cc1. The fraction of sp³-hybridized carbons (Fsp3) is 0.536. The van der Waals surface area contributed by atoms with E-state index in [-0.39, 0.29) is 0 Å². The van der Waals surface area contributed by atoms with E-state index in [4.69, 9.17) is 4.74 Å². The predicted molar refractivity (Wildman–Crippen MR) is 131 cm³/mol. The van der Waals surface area contributed by atoms with Gasteiger partial charge in [0.05, 0.1) is 0 Å². The van der Waals surface area contributed by atoms with Crippen molar-refractivity contribution in [3.05, 3.63) is 64.7 Å². The van der Waals surface area contributed by atoms with Gasteiger partial charge in [0.1, 0.15) is 12.4 Å². The van der Waals surface area contributed by atoms with Gasteiger partial charge >= 0.3 is 0 Å². The Balaban J connectivity index is 1.55. The number of rotatable bonds is 15. The molecular formula is C28H41NO. The summed E-state index contributed by atoms with van der Waals surface area (Å²) in [6, 6.07) is 14.7. The van der Waals surface area contributed by atoms with E-state index < -0.39 is 0 Å². The number of nitrogens with zero attached hydrogens (tertiary/aromatic N) is 1. The fourth-order valence-corrected chi connectivity index (χ4v) is 3.57. The maximum atomic E-state index is 5.91. The number of benzene rings is 2. The van der Waals surface area contributed by atoms with Crippen molar-refractivity contribution >= 4 is 6.21 Å². The van der Waals surface area contributed by atoms with Gasteiger partial charge in [-0.15, -0.1) is 0 Å². The highest BCUT2D eigenvalue weighted by atomic mass is 16.5. The molecule has 0 saturated heterocycles. The summed E-state index contributed by atoms with van der Waals surface area (Å²) in [6.07, 6.45) is 15.6. The molecule has 30 heavy (non-hydrogen) atoms. The Morgan fingerprint density at radius 3 is 2.00 bits per heavy atom. The second kappa shape index (κ2) is 14.8. The molecule has 0 amide bonds. The molecule has 0 radical (unpaired) electrons. The molecule has 0 bridgehead atoms. The molecule has 2 aromatic carbocycles. The van der Waals surface area contributed by atoms with Crippen LogP contribution in [0.3, 0.4) is 0 Å². The number of ether oxygens (including phenoxy) is 1. The molecule has 2 nitrogen and oxygen atoms in total. The minimum atomic E-state index is 0.604. The lowest BCUT2D eigenvalue weighted by Gasteiger charge is -2.08. The largest absolute Gasteiger partial charge is 0.489 e. The predicted octanol–water partition coefficient (Wildman–Crippen LogP) is 8.22. The van der Waals surface area contributed by atoms with Gasteiger partial charge in [0, 0.05) is 12.8 Å². The average Bonchev–Trinajstić information content (AvgIpc) is 2.76. The second-order valence-electron chi connectivity index (χ2n) is 8.49. The van der Waals surface area contributed by atoms with Crippen LogP contribution in [0.4, 0.5) is 0 Å². The molecular weight excluding hydrogens is 366 g/mol. The number of aliphatic imine (C=N–C) groups is 1. The molecule has 0 fully saturated rings. The summed E-state index contributed by atoms with van der Waals surface area (Å²) in [6.45, 7) is 8.09. The first-order chi connectivity index (χ1) is 14.7. The number of hydrogen-bond donors (Lipinski definition) is 0. The Morgan fingerprint density at radius 2 is 1.37 bits per heavy atom. The van der Waals surface area contributed by atoms with E-state index in [9.17, 15) is 0 Å². The molecule has 0 N–H and O–H groups in total. The third-order valence-electron chi connectivity index (χ3n) is 5.74.